The van der Waals surface area contributed by atoms with Crippen LogP contribution >= 0.6 is 39.0 Å². The molecule has 2 unspecified atom stereocenters. The molecule has 3 aromatic rings. The van der Waals surface area contributed by atoms with Crippen LogP contribution in [0.1, 0.15) is 21.9 Å². The highest BCUT2D eigenvalue weighted by molar-refractivity contribution is 9.10. The number of aryl methyl sites for hydroxylation is 1. The second-order valence-corrected chi connectivity index (χ2v) is 10.2. The molecule has 2 aliphatic heterocycles. The van der Waals surface area contributed by atoms with E-state index in [1.54, 1.807) is 12.1 Å². The summed E-state index contributed by atoms with van der Waals surface area (Å²) in [6, 6.07) is 15.0. The molecular weight excluding hydrogens is 472 g/mol. The predicted molar refractivity (Wildman–Crippen MR) is 118 cm³/mol. The number of nitrogens with zero attached hydrogens (tertiary/aromatic N) is 1. The minimum absolute atomic E-state index is 0.161. The molecule has 5 rings (SSSR count). The molecule has 0 saturated carbocycles. The highest BCUT2D eigenvalue weighted by Gasteiger charge is 2.56. The lowest BCUT2D eigenvalue weighted by atomic mass is 9.81. The van der Waals surface area contributed by atoms with Crippen LogP contribution in [0.4, 0.5) is 5.69 Å². The van der Waals surface area contributed by atoms with E-state index < -0.39 is 11.2 Å². The van der Waals surface area contributed by atoms with Crippen LogP contribution in [-0.2, 0) is 9.59 Å². The Labute approximate surface area is 183 Å². The topological polar surface area (TPSA) is 70.2 Å². The first-order valence-electron chi connectivity index (χ1n) is 9.04. The maximum atomic E-state index is 13.5. The lowest BCUT2D eigenvalue weighted by molar-refractivity contribution is -0.122. The maximum Gasteiger partial charge on any atom is 0.305 e. The standard InChI is InChI=1S/C21H15BrN2O3S2/c1-10-4-2-3-5-13(10)14-15-17(28-18-16(14)29-21(27)23-18)20(26)24(19(15)25)12-8-6-11(22)7-9-12/h2-9,14-15,17H,1H3,(H,23,27)/t14-,15?,17?/m1/s1. The average molecular weight is 487 g/mol. The molecule has 0 radical (unpaired) electrons. The van der Waals surface area contributed by atoms with Crippen molar-refractivity contribution in [1.29, 1.82) is 0 Å². The van der Waals surface area contributed by atoms with Crippen LogP contribution in [0.3, 0.4) is 0 Å². The van der Waals surface area contributed by atoms with Gasteiger partial charge in [-0.05, 0) is 42.3 Å². The molecule has 146 valence electrons. The van der Waals surface area contributed by atoms with Crippen LogP contribution in [0, 0.1) is 12.8 Å². The van der Waals surface area contributed by atoms with Gasteiger partial charge < -0.3 is 4.98 Å². The molecule has 29 heavy (non-hydrogen) atoms. The third-order valence-corrected chi connectivity index (χ3v) is 8.36. The van der Waals surface area contributed by atoms with Gasteiger partial charge in [0.25, 0.3) is 0 Å². The number of carbonyl (C=O) groups excluding carboxylic acids is 2. The Balaban J connectivity index is 1.67. The zero-order valence-corrected chi connectivity index (χ0v) is 18.4. The number of thiazole rings is 1. The largest absolute Gasteiger partial charge is 0.307 e. The second kappa shape index (κ2) is 6.97. The molecule has 2 amide bonds. The van der Waals surface area contributed by atoms with Gasteiger partial charge in [0.15, 0.2) is 0 Å². The fourth-order valence-corrected chi connectivity index (χ4v) is 6.90. The fraction of sp³-hybridized carbons (Fsp3) is 0.190. The summed E-state index contributed by atoms with van der Waals surface area (Å²) in [5, 5.41) is 0.141. The molecule has 3 atom stereocenters. The van der Waals surface area contributed by atoms with Gasteiger partial charge in [-0.3, -0.25) is 14.4 Å². The van der Waals surface area contributed by atoms with Crippen molar-refractivity contribution in [2.75, 3.05) is 4.90 Å². The molecule has 2 aliphatic rings. The Morgan fingerprint density at radius 3 is 2.45 bits per heavy atom. The number of aromatic amines is 1. The molecular formula is C21H15BrN2O3S2. The van der Waals surface area contributed by atoms with Crippen molar-refractivity contribution in [3.8, 4) is 0 Å². The number of amides is 2. The zero-order chi connectivity index (χ0) is 20.3. The molecule has 8 heteroatoms. The lowest BCUT2D eigenvalue weighted by Crippen LogP contribution is -2.32. The number of aromatic nitrogens is 1. The number of hydrogen-bond acceptors (Lipinski definition) is 5. The van der Waals surface area contributed by atoms with Crippen LogP contribution in [-0.4, -0.2) is 22.0 Å². The van der Waals surface area contributed by atoms with E-state index in [2.05, 4.69) is 20.9 Å². The van der Waals surface area contributed by atoms with Crippen LogP contribution < -0.4 is 9.77 Å². The molecule has 1 fully saturated rings. The van der Waals surface area contributed by atoms with Gasteiger partial charge in [0.05, 0.1) is 16.6 Å². The van der Waals surface area contributed by atoms with Crippen LogP contribution in [0.25, 0.3) is 0 Å². The van der Waals surface area contributed by atoms with Crippen molar-refractivity contribution >= 4 is 56.5 Å². The third kappa shape index (κ3) is 2.93. The summed E-state index contributed by atoms with van der Waals surface area (Å²) < 4.78 is 0.879. The van der Waals surface area contributed by atoms with Crippen molar-refractivity contribution in [3.63, 3.8) is 0 Å². The number of fused-ring (bicyclic) bond motifs is 2. The number of rotatable bonds is 2. The quantitative estimate of drug-likeness (QED) is 0.548. The Bertz CT molecular complexity index is 1200. The number of hydrogen-bond donors (Lipinski definition) is 1. The normalized spacial score (nSPS) is 23.2. The highest BCUT2D eigenvalue weighted by Crippen LogP contribution is 2.53. The van der Waals surface area contributed by atoms with E-state index in [9.17, 15) is 14.4 Å². The number of carbonyl (C=O) groups is 2. The van der Waals surface area contributed by atoms with E-state index in [-0.39, 0.29) is 22.6 Å². The lowest BCUT2D eigenvalue weighted by Gasteiger charge is -2.30. The van der Waals surface area contributed by atoms with Gasteiger partial charge in [-0.1, -0.05) is 63.3 Å². The van der Waals surface area contributed by atoms with Crippen LogP contribution in [0.15, 0.2) is 62.8 Å². The number of thioether (sulfide) groups is 1. The minimum atomic E-state index is -0.562. The van der Waals surface area contributed by atoms with Gasteiger partial charge in [-0.2, -0.15) is 0 Å². The number of imide groups is 1. The Hall–Kier alpha value is -2.16. The molecule has 0 aliphatic carbocycles. The van der Waals surface area contributed by atoms with Gasteiger partial charge in [-0.15, -0.1) is 0 Å². The smallest absolute Gasteiger partial charge is 0.305 e. The first-order valence-corrected chi connectivity index (χ1v) is 11.5. The summed E-state index contributed by atoms with van der Waals surface area (Å²) in [6.45, 7) is 1.99. The summed E-state index contributed by atoms with van der Waals surface area (Å²) in [6.07, 6.45) is 0. The van der Waals surface area contributed by atoms with Crippen molar-refractivity contribution in [2.24, 2.45) is 5.92 Å². The fourth-order valence-electron chi connectivity index (χ4n) is 4.13. The van der Waals surface area contributed by atoms with E-state index in [0.717, 1.165) is 31.8 Å². The molecule has 1 N–H and O–H groups in total. The summed E-state index contributed by atoms with van der Waals surface area (Å²) in [4.78, 5) is 43.8. The Morgan fingerprint density at radius 1 is 1.00 bits per heavy atom. The number of nitrogens with one attached hydrogen (secondary N) is 1. The van der Waals surface area contributed by atoms with Crippen molar-refractivity contribution in [2.45, 2.75) is 23.1 Å². The first kappa shape index (κ1) is 18.8. The summed E-state index contributed by atoms with van der Waals surface area (Å²) >= 11 is 5.82. The molecule has 1 saturated heterocycles. The minimum Gasteiger partial charge on any atom is -0.307 e. The summed E-state index contributed by atoms with van der Waals surface area (Å²) in [5.41, 5.74) is 2.59. The summed E-state index contributed by atoms with van der Waals surface area (Å²) in [7, 11) is 0. The van der Waals surface area contributed by atoms with Crippen LogP contribution in [0.2, 0.25) is 0 Å². The van der Waals surface area contributed by atoms with Crippen molar-refractivity contribution in [3.05, 3.63) is 78.7 Å². The van der Waals surface area contributed by atoms with Gasteiger partial charge in [-0.25, -0.2) is 4.90 Å². The second-order valence-electron chi connectivity index (χ2n) is 7.09. The van der Waals surface area contributed by atoms with Gasteiger partial charge >= 0.3 is 4.87 Å². The average Bonchev–Trinajstić information content (AvgIpc) is 3.19. The number of anilines is 1. The molecule has 0 spiro atoms. The Morgan fingerprint density at radius 2 is 1.72 bits per heavy atom. The van der Waals surface area contributed by atoms with E-state index >= 15 is 0 Å². The van der Waals surface area contributed by atoms with Gasteiger partial charge in [0.2, 0.25) is 11.8 Å². The molecule has 3 heterocycles. The SMILES string of the molecule is Cc1ccccc1[C@H]1c2sc(=O)[nH]c2SC2C(=O)N(c3ccc(Br)cc3)C(=O)C21. The van der Waals surface area contributed by atoms with E-state index in [1.807, 2.05) is 43.3 Å². The predicted octanol–water partition coefficient (Wildman–Crippen LogP) is 4.30. The third-order valence-electron chi connectivity index (χ3n) is 5.43. The van der Waals surface area contributed by atoms with E-state index in [1.165, 1.54) is 16.7 Å². The zero-order valence-electron chi connectivity index (χ0n) is 15.2. The molecule has 2 aromatic carbocycles. The van der Waals surface area contributed by atoms with Crippen LogP contribution in [0.5, 0.6) is 0 Å². The molecule has 5 nitrogen and oxygen atoms in total. The van der Waals surface area contributed by atoms with E-state index in [0.29, 0.717) is 10.7 Å². The van der Waals surface area contributed by atoms with Gasteiger partial charge in [0, 0.05) is 15.3 Å². The molecule has 0 bridgehead atoms. The number of benzene rings is 2. The highest BCUT2D eigenvalue weighted by atomic mass is 79.9. The van der Waals surface area contributed by atoms with E-state index in [4.69, 9.17) is 0 Å². The van der Waals surface area contributed by atoms with Gasteiger partial charge in [0.1, 0.15) is 5.25 Å². The number of halogens is 1. The molecule has 1 aromatic heterocycles. The first-order chi connectivity index (χ1) is 14.0. The summed E-state index contributed by atoms with van der Waals surface area (Å²) in [5.74, 6) is -1.31. The van der Waals surface area contributed by atoms with Crippen molar-refractivity contribution < 1.29 is 9.59 Å². The van der Waals surface area contributed by atoms with Crippen molar-refractivity contribution in [1.82, 2.24) is 4.98 Å². The Kier molecular flexibility index (Phi) is 4.53. The monoisotopic (exact) mass is 486 g/mol. The maximum absolute atomic E-state index is 13.5. The number of H-pyrrole nitrogens is 1.